The van der Waals surface area contributed by atoms with Crippen molar-refractivity contribution in [2.24, 2.45) is 0 Å². The van der Waals surface area contributed by atoms with Crippen LogP contribution in [-0.4, -0.2) is 0 Å². The summed E-state index contributed by atoms with van der Waals surface area (Å²) in [4.78, 5) is 0. The van der Waals surface area contributed by atoms with Crippen molar-refractivity contribution in [2.45, 2.75) is 19.2 Å². The average molecular weight is 234 g/mol. The van der Waals surface area contributed by atoms with E-state index in [1.54, 1.807) is 0 Å². The Morgan fingerprint density at radius 3 is 2.36 bits per heavy atom. The van der Waals surface area contributed by atoms with Gasteiger partial charge in [0.25, 0.3) is 0 Å². The van der Waals surface area contributed by atoms with Gasteiger partial charge in [0, 0.05) is 10.4 Å². The SMILES string of the molecule is Cc1cc(Cl)c(CBr)cc1C. The van der Waals surface area contributed by atoms with Crippen molar-refractivity contribution in [1.82, 2.24) is 0 Å². The van der Waals surface area contributed by atoms with E-state index in [2.05, 4.69) is 35.8 Å². The molecule has 0 saturated carbocycles. The molecule has 0 bridgehead atoms. The molecule has 0 nitrogen and oxygen atoms in total. The van der Waals surface area contributed by atoms with Crippen LogP contribution in [0.3, 0.4) is 0 Å². The molecule has 0 saturated heterocycles. The van der Waals surface area contributed by atoms with Crippen LogP contribution in [0, 0.1) is 13.8 Å². The molecule has 1 rings (SSSR count). The van der Waals surface area contributed by atoms with Crippen LogP contribution in [0.25, 0.3) is 0 Å². The molecule has 0 radical (unpaired) electrons. The normalized spacial score (nSPS) is 10.2. The van der Waals surface area contributed by atoms with Crippen LogP contribution in [0.15, 0.2) is 12.1 Å². The molecule has 0 atom stereocenters. The smallest absolute Gasteiger partial charge is 0.0449 e. The van der Waals surface area contributed by atoms with Gasteiger partial charge in [0.2, 0.25) is 0 Å². The van der Waals surface area contributed by atoms with Crippen molar-refractivity contribution in [2.75, 3.05) is 0 Å². The summed E-state index contributed by atoms with van der Waals surface area (Å²) in [6.07, 6.45) is 0. The number of rotatable bonds is 1. The Morgan fingerprint density at radius 2 is 1.82 bits per heavy atom. The molecule has 0 aliphatic rings. The van der Waals surface area contributed by atoms with E-state index in [9.17, 15) is 0 Å². The number of hydrogen-bond acceptors (Lipinski definition) is 0. The molecule has 0 unspecified atom stereocenters. The van der Waals surface area contributed by atoms with Gasteiger partial charge in [0.05, 0.1) is 0 Å². The van der Waals surface area contributed by atoms with Gasteiger partial charge in [-0.15, -0.1) is 0 Å². The minimum absolute atomic E-state index is 0.826. The maximum absolute atomic E-state index is 5.97. The molecular formula is C9H10BrCl. The van der Waals surface area contributed by atoms with Crippen LogP contribution in [0.4, 0.5) is 0 Å². The first-order chi connectivity index (χ1) is 5.15. The predicted molar refractivity (Wildman–Crippen MR) is 53.6 cm³/mol. The third-order valence-electron chi connectivity index (χ3n) is 1.81. The van der Waals surface area contributed by atoms with E-state index in [1.165, 1.54) is 11.1 Å². The summed E-state index contributed by atoms with van der Waals surface area (Å²) in [5, 5.41) is 1.68. The fourth-order valence-corrected chi connectivity index (χ4v) is 1.85. The lowest BCUT2D eigenvalue weighted by molar-refractivity contribution is 1.29. The van der Waals surface area contributed by atoms with Crippen molar-refractivity contribution in [3.8, 4) is 0 Å². The lowest BCUT2D eigenvalue weighted by Crippen LogP contribution is -1.85. The maximum atomic E-state index is 5.97. The molecule has 0 aliphatic heterocycles. The lowest BCUT2D eigenvalue weighted by Gasteiger charge is -2.04. The lowest BCUT2D eigenvalue weighted by atomic mass is 10.1. The van der Waals surface area contributed by atoms with Gasteiger partial charge in [-0.1, -0.05) is 33.6 Å². The van der Waals surface area contributed by atoms with Crippen LogP contribution < -0.4 is 0 Å². The maximum Gasteiger partial charge on any atom is 0.0449 e. The Morgan fingerprint density at radius 1 is 1.27 bits per heavy atom. The summed E-state index contributed by atoms with van der Waals surface area (Å²) in [6, 6.07) is 4.12. The highest BCUT2D eigenvalue weighted by Gasteiger charge is 2.00. The van der Waals surface area contributed by atoms with Gasteiger partial charge < -0.3 is 0 Å². The summed E-state index contributed by atoms with van der Waals surface area (Å²) in [6.45, 7) is 4.16. The Hall–Kier alpha value is -0.0100. The van der Waals surface area contributed by atoms with E-state index in [1.807, 2.05) is 6.07 Å². The van der Waals surface area contributed by atoms with E-state index < -0.39 is 0 Å². The fraction of sp³-hybridized carbons (Fsp3) is 0.333. The number of benzene rings is 1. The highest BCUT2D eigenvalue weighted by Crippen LogP contribution is 2.22. The largest absolute Gasteiger partial charge is 0.0876 e. The van der Waals surface area contributed by atoms with Gasteiger partial charge in [0.15, 0.2) is 0 Å². The van der Waals surface area contributed by atoms with E-state index in [4.69, 9.17) is 11.6 Å². The van der Waals surface area contributed by atoms with Crippen molar-refractivity contribution in [3.63, 3.8) is 0 Å². The zero-order valence-electron chi connectivity index (χ0n) is 6.62. The zero-order chi connectivity index (χ0) is 8.43. The number of alkyl halides is 1. The number of halogens is 2. The van der Waals surface area contributed by atoms with Gasteiger partial charge in [-0.3, -0.25) is 0 Å². The molecule has 0 aliphatic carbocycles. The highest BCUT2D eigenvalue weighted by molar-refractivity contribution is 9.08. The standard InChI is InChI=1S/C9H10BrCl/c1-6-3-8(5-10)9(11)4-7(6)2/h3-4H,5H2,1-2H3. The first-order valence-electron chi connectivity index (χ1n) is 3.46. The summed E-state index contributed by atoms with van der Waals surface area (Å²) >= 11 is 9.35. The van der Waals surface area contributed by atoms with Gasteiger partial charge in [-0.2, -0.15) is 0 Å². The minimum Gasteiger partial charge on any atom is -0.0876 e. The molecule has 2 heteroatoms. The summed E-state index contributed by atoms with van der Waals surface area (Å²) < 4.78 is 0. The van der Waals surface area contributed by atoms with Gasteiger partial charge in [-0.05, 0) is 36.6 Å². The molecular weight excluding hydrogens is 223 g/mol. The fourth-order valence-electron chi connectivity index (χ4n) is 0.943. The molecule has 11 heavy (non-hydrogen) atoms. The first kappa shape index (κ1) is 9.08. The summed E-state index contributed by atoms with van der Waals surface area (Å²) in [5.41, 5.74) is 3.71. The number of aryl methyl sites for hydroxylation is 2. The van der Waals surface area contributed by atoms with Crippen LogP contribution in [0.5, 0.6) is 0 Å². The van der Waals surface area contributed by atoms with Gasteiger partial charge >= 0.3 is 0 Å². The summed E-state index contributed by atoms with van der Waals surface area (Å²) in [7, 11) is 0. The Balaban J connectivity index is 3.21. The second kappa shape index (κ2) is 3.59. The second-order valence-electron chi connectivity index (χ2n) is 2.66. The molecule has 0 fully saturated rings. The molecule has 0 amide bonds. The zero-order valence-corrected chi connectivity index (χ0v) is 8.96. The highest BCUT2D eigenvalue weighted by atomic mass is 79.9. The third-order valence-corrected chi connectivity index (χ3v) is 2.76. The van der Waals surface area contributed by atoms with Crippen molar-refractivity contribution < 1.29 is 0 Å². The van der Waals surface area contributed by atoms with E-state index in [0.717, 1.165) is 15.9 Å². The third kappa shape index (κ3) is 1.97. The van der Waals surface area contributed by atoms with E-state index in [0.29, 0.717) is 0 Å². The topological polar surface area (TPSA) is 0 Å². The van der Waals surface area contributed by atoms with Crippen LogP contribution >= 0.6 is 27.5 Å². The molecule has 1 aromatic rings. The van der Waals surface area contributed by atoms with Crippen LogP contribution in [-0.2, 0) is 5.33 Å². The summed E-state index contributed by atoms with van der Waals surface area (Å²) in [5.74, 6) is 0. The minimum atomic E-state index is 0.826. The predicted octanol–water partition coefficient (Wildman–Crippen LogP) is 3.85. The number of hydrogen-bond donors (Lipinski definition) is 0. The Labute approximate surface area is 80.7 Å². The van der Waals surface area contributed by atoms with Gasteiger partial charge in [-0.25, -0.2) is 0 Å². The van der Waals surface area contributed by atoms with E-state index in [-0.39, 0.29) is 0 Å². The Kier molecular flexibility index (Phi) is 2.97. The Bertz CT molecular complexity index is 269. The second-order valence-corrected chi connectivity index (χ2v) is 3.63. The first-order valence-corrected chi connectivity index (χ1v) is 4.96. The molecule has 0 aromatic heterocycles. The molecule has 0 N–H and O–H groups in total. The average Bonchev–Trinajstić information content (AvgIpc) is 1.97. The van der Waals surface area contributed by atoms with Crippen molar-refractivity contribution >= 4 is 27.5 Å². The monoisotopic (exact) mass is 232 g/mol. The quantitative estimate of drug-likeness (QED) is 0.646. The van der Waals surface area contributed by atoms with Crippen LogP contribution in [0.1, 0.15) is 16.7 Å². The van der Waals surface area contributed by atoms with Gasteiger partial charge in [0.1, 0.15) is 0 Å². The molecule has 0 spiro atoms. The molecule has 1 aromatic carbocycles. The molecule has 0 heterocycles. The van der Waals surface area contributed by atoms with E-state index >= 15 is 0 Å². The van der Waals surface area contributed by atoms with Crippen molar-refractivity contribution in [3.05, 3.63) is 33.8 Å². The van der Waals surface area contributed by atoms with Crippen LogP contribution in [0.2, 0.25) is 5.02 Å². The van der Waals surface area contributed by atoms with Crippen molar-refractivity contribution in [1.29, 1.82) is 0 Å². The molecule has 60 valence electrons.